The van der Waals surface area contributed by atoms with Gasteiger partial charge >= 0.3 is 0 Å². The minimum atomic E-state index is -0.526. The van der Waals surface area contributed by atoms with Crippen LogP contribution in [0.15, 0.2) is 83.3 Å². The Morgan fingerprint density at radius 1 is 0.839 bits per heavy atom. The van der Waals surface area contributed by atoms with Crippen LogP contribution < -0.4 is 15.8 Å². The van der Waals surface area contributed by atoms with E-state index in [1.165, 1.54) is 12.1 Å². The van der Waals surface area contributed by atoms with Gasteiger partial charge in [0, 0.05) is 22.4 Å². The Morgan fingerprint density at radius 3 is 2.06 bits per heavy atom. The van der Waals surface area contributed by atoms with Crippen molar-refractivity contribution in [3.05, 3.63) is 84.4 Å². The number of carbonyl (C=O) groups excluding carboxylic acids is 2. The molecule has 4 rings (SSSR count). The van der Waals surface area contributed by atoms with Crippen molar-refractivity contribution in [1.82, 2.24) is 10.2 Å². The number of anilines is 1. The predicted octanol–water partition coefficient (Wildman–Crippen LogP) is 3.52. The average Bonchev–Trinajstić information content (AvgIpc) is 3.29. The highest BCUT2D eigenvalue weighted by atomic mass is 16.5. The zero-order valence-corrected chi connectivity index (χ0v) is 16.3. The predicted molar refractivity (Wildman–Crippen MR) is 114 cm³/mol. The smallest absolute Gasteiger partial charge is 0.262 e. The van der Waals surface area contributed by atoms with Crippen molar-refractivity contribution in [3.8, 4) is 28.7 Å². The number of carbonyl (C=O) groups is 2. The van der Waals surface area contributed by atoms with E-state index in [0.717, 1.165) is 11.1 Å². The minimum absolute atomic E-state index is 0.171. The van der Waals surface area contributed by atoms with Crippen molar-refractivity contribution in [2.75, 3.05) is 11.9 Å². The molecule has 3 N–H and O–H groups in total. The molecule has 8 heteroatoms. The molecule has 0 aliphatic rings. The molecule has 0 saturated carbocycles. The van der Waals surface area contributed by atoms with Crippen molar-refractivity contribution in [1.29, 1.82) is 0 Å². The molecular weight excluding hydrogens is 396 g/mol. The summed E-state index contributed by atoms with van der Waals surface area (Å²) in [6.45, 7) is -0.171. The second kappa shape index (κ2) is 8.91. The maximum Gasteiger partial charge on any atom is 0.262 e. The van der Waals surface area contributed by atoms with Crippen LogP contribution in [0.4, 0.5) is 5.69 Å². The third-order valence-electron chi connectivity index (χ3n) is 4.37. The van der Waals surface area contributed by atoms with Crippen LogP contribution in [-0.2, 0) is 4.79 Å². The van der Waals surface area contributed by atoms with Gasteiger partial charge in [-0.05, 0) is 60.7 Å². The van der Waals surface area contributed by atoms with Crippen LogP contribution in [-0.4, -0.2) is 28.6 Å². The minimum Gasteiger partial charge on any atom is -0.484 e. The number of nitrogens with two attached hydrogens (primary N) is 1. The molecule has 8 nitrogen and oxygen atoms in total. The fourth-order valence-corrected chi connectivity index (χ4v) is 2.79. The molecule has 0 fully saturated rings. The van der Waals surface area contributed by atoms with E-state index in [1.807, 2.05) is 30.3 Å². The van der Waals surface area contributed by atoms with Gasteiger partial charge in [0.1, 0.15) is 5.75 Å². The maximum absolute atomic E-state index is 12.1. The van der Waals surface area contributed by atoms with Gasteiger partial charge in [-0.2, -0.15) is 0 Å². The van der Waals surface area contributed by atoms with E-state index in [2.05, 4.69) is 15.5 Å². The first-order valence-electron chi connectivity index (χ1n) is 9.40. The van der Waals surface area contributed by atoms with Gasteiger partial charge in [0.25, 0.3) is 5.91 Å². The van der Waals surface area contributed by atoms with Gasteiger partial charge in [0.2, 0.25) is 17.7 Å². The fourth-order valence-electron chi connectivity index (χ4n) is 2.79. The number of primary amides is 1. The summed E-state index contributed by atoms with van der Waals surface area (Å²) in [4.78, 5) is 23.1. The highest BCUT2D eigenvalue weighted by molar-refractivity contribution is 5.95. The molecule has 0 unspecified atom stereocenters. The lowest BCUT2D eigenvalue weighted by Gasteiger charge is -2.08. The first-order valence-corrected chi connectivity index (χ1v) is 9.40. The summed E-state index contributed by atoms with van der Waals surface area (Å²) >= 11 is 0. The van der Waals surface area contributed by atoms with Crippen molar-refractivity contribution in [2.24, 2.45) is 5.73 Å². The van der Waals surface area contributed by atoms with Crippen molar-refractivity contribution >= 4 is 17.5 Å². The molecule has 0 spiro atoms. The second-order valence-electron chi connectivity index (χ2n) is 6.58. The van der Waals surface area contributed by atoms with Gasteiger partial charge in [-0.3, -0.25) is 9.59 Å². The van der Waals surface area contributed by atoms with Gasteiger partial charge in [0.05, 0.1) is 0 Å². The number of nitrogens with one attached hydrogen (secondary N) is 1. The number of ether oxygens (including phenoxy) is 1. The first-order chi connectivity index (χ1) is 15.1. The first kappa shape index (κ1) is 19.8. The third-order valence-corrected chi connectivity index (χ3v) is 4.37. The molecule has 154 valence electrons. The fraction of sp³-hybridized carbons (Fsp3) is 0.0435. The summed E-state index contributed by atoms with van der Waals surface area (Å²) in [7, 11) is 0. The molecular formula is C23H18N4O4. The Balaban J connectivity index is 1.33. The van der Waals surface area contributed by atoms with Crippen LogP contribution in [0.1, 0.15) is 10.4 Å². The Hall–Kier alpha value is -4.46. The highest BCUT2D eigenvalue weighted by Crippen LogP contribution is 2.25. The van der Waals surface area contributed by atoms with Crippen LogP contribution in [0.25, 0.3) is 22.9 Å². The van der Waals surface area contributed by atoms with Gasteiger partial charge in [0.15, 0.2) is 6.61 Å². The lowest BCUT2D eigenvalue weighted by atomic mass is 10.2. The Morgan fingerprint density at radius 2 is 1.45 bits per heavy atom. The van der Waals surface area contributed by atoms with Gasteiger partial charge in [-0.25, -0.2) is 0 Å². The van der Waals surface area contributed by atoms with Crippen LogP contribution in [0, 0.1) is 0 Å². The molecule has 0 radical (unpaired) electrons. The number of hydrogen-bond donors (Lipinski definition) is 2. The van der Waals surface area contributed by atoms with E-state index in [0.29, 0.717) is 28.8 Å². The zero-order chi connectivity index (χ0) is 21.6. The van der Waals surface area contributed by atoms with E-state index in [9.17, 15) is 9.59 Å². The summed E-state index contributed by atoms with van der Waals surface area (Å²) in [6.07, 6.45) is 0. The monoisotopic (exact) mass is 414 g/mol. The lowest BCUT2D eigenvalue weighted by Crippen LogP contribution is -2.20. The summed E-state index contributed by atoms with van der Waals surface area (Å²) in [6, 6.07) is 22.8. The quantitative estimate of drug-likeness (QED) is 0.477. The number of nitrogens with zero attached hydrogens (tertiary/aromatic N) is 2. The highest BCUT2D eigenvalue weighted by Gasteiger charge is 2.11. The molecule has 1 heterocycles. The number of benzene rings is 3. The summed E-state index contributed by atoms with van der Waals surface area (Å²) < 4.78 is 11.2. The molecule has 2 amide bonds. The molecule has 31 heavy (non-hydrogen) atoms. The standard InChI is InChI=1S/C23H18N4O4/c24-21(29)15-6-10-18(11-7-15)25-20(28)14-30-19-12-8-17(9-13-19)23-27-26-22(31-23)16-4-2-1-3-5-16/h1-13H,14H2,(H2,24,29)(H,25,28). The van der Waals surface area contributed by atoms with E-state index >= 15 is 0 Å². The van der Waals surface area contributed by atoms with Crippen LogP contribution in [0.3, 0.4) is 0 Å². The maximum atomic E-state index is 12.1. The second-order valence-corrected chi connectivity index (χ2v) is 6.58. The lowest BCUT2D eigenvalue weighted by molar-refractivity contribution is -0.118. The van der Waals surface area contributed by atoms with E-state index in [4.69, 9.17) is 14.9 Å². The molecule has 3 aromatic carbocycles. The van der Waals surface area contributed by atoms with Gasteiger partial charge in [-0.1, -0.05) is 18.2 Å². The largest absolute Gasteiger partial charge is 0.484 e. The zero-order valence-electron chi connectivity index (χ0n) is 16.3. The molecule has 1 aromatic heterocycles. The molecule has 0 aliphatic carbocycles. The molecule has 0 aliphatic heterocycles. The van der Waals surface area contributed by atoms with E-state index in [-0.39, 0.29) is 12.5 Å². The molecule has 0 saturated heterocycles. The van der Waals surface area contributed by atoms with E-state index in [1.54, 1.807) is 36.4 Å². The van der Waals surface area contributed by atoms with Crippen molar-refractivity contribution < 1.29 is 18.7 Å². The van der Waals surface area contributed by atoms with Crippen LogP contribution in [0.5, 0.6) is 5.75 Å². The summed E-state index contributed by atoms with van der Waals surface area (Å²) in [5.41, 5.74) is 7.68. The number of aromatic nitrogens is 2. The Kier molecular flexibility index (Phi) is 5.70. The Labute approximate surface area is 177 Å². The average molecular weight is 414 g/mol. The normalized spacial score (nSPS) is 10.5. The summed E-state index contributed by atoms with van der Waals surface area (Å²) in [5.74, 6) is 0.492. The van der Waals surface area contributed by atoms with Gasteiger partial charge in [-0.15, -0.1) is 10.2 Å². The van der Waals surface area contributed by atoms with Crippen LogP contribution in [0.2, 0.25) is 0 Å². The molecule has 0 bridgehead atoms. The number of rotatable bonds is 7. The SMILES string of the molecule is NC(=O)c1ccc(NC(=O)COc2ccc(-c3nnc(-c4ccccc4)o3)cc2)cc1. The van der Waals surface area contributed by atoms with Crippen molar-refractivity contribution in [3.63, 3.8) is 0 Å². The molecule has 0 atom stereocenters. The van der Waals surface area contributed by atoms with E-state index < -0.39 is 5.91 Å². The summed E-state index contributed by atoms with van der Waals surface area (Å²) in [5, 5.41) is 10.8. The number of hydrogen-bond acceptors (Lipinski definition) is 6. The van der Waals surface area contributed by atoms with Gasteiger partial charge < -0.3 is 20.2 Å². The molecule has 4 aromatic rings. The topological polar surface area (TPSA) is 120 Å². The van der Waals surface area contributed by atoms with Crippen LogP contribution >= 0.6 is 0 Å². The Bertz CT molecular complexity index is 1190. The third kappa shape index (κ3) is 4.94. The number of amides is 2. The van der Waals surface area contributed by atoms with Crippen molar-refractivity contribution in [2.45, 2.75) is 0 Å².